The molecule has 4 aromatic rings. The molecule has 0 amide bonds. The lowest BCUT2D eigenvalue weighted by molar-refractivity contribution is 0.0821. The Kier molecular flexibility index (Phi) is 6.41. The van der Waals surface area contributed by atoms with E-state index < -0.39 is 0 Å². The highest BCUT2D eigenvalue weighted by atomic mass is 127. The molecule has 1 fully saturated rings. The Morgan fingerprint density at radius 3 is 2.66 bits per heavy atom. The highest BCUT2D eigenvalue weighted by molar-refractivity contribution is 14.1. The summed E-state index contributed by atoms with van der Waals surface area (Å²) in [5.41, 5.74) is 5.32. The molecule has 0 radical (unpaired) electrons. The Morgan fingerprint density at radius 2 is 1.88 bits per heavy atom. The van der Waals surface area contributed by atoms with E-state index in [4.69, 9.17) is 9.15 Å². The maximum Gasteiger partial charge on any atom is 0.235 e. The van der Waals surface area contributed by atoms with Crippen LogP contribution in [-0.2, 0) is 13.0 Å². The third-order valence-electron chi connectivity index (χ3n) is 6.05. The van der Waals surface area contributed by atoms with Crippen LogP contribution in [0.3, 0.4) is 0 Å². The SMILES string of the molecule is CCc1ccc(-c2c(I)oc3ncnc(OC4CCCN(Cc5ccccc5)C4)c23)cc1. The Bertz CT molecular complexity index is 1190. The van der Waals surface area contributed by atoms with Crippen molar-refractivity contribution in [3.63, 3.8) is 0 Å². The van der Waals surface area contributed by atoms with Gasteiger partial charge in [-0.15, -0.1) is 0 Å². The maximum atomic E-state index is 6.50. The number of fused-ring (bicyclic) bond motifs is 1. The standard InChI is InChI=1S/C26H26IN3O2/c1-2-18-10-12-20(13-11-18)22-23-25(28-17-29-26(23)32-24(22)27)31-21-9-6-14-30(16-21)15-19-7-4-3-5-8-19/h3-5,7-8,10-13,17,21H,2,6,9,14-16H2,1H3. The largest absolute Gasteiger partial charge is 0.472 e. The van der Waals surface area contributed by atoms with Gasteiger partial charge in [-0.05, 0) is 42.5 Å². The first kappa shape index (κ1) is 21.4. The van der Waals surface area contributed by atoms with Gasteiger partial charge in [-0.25, -0.2) is 9.97 Å². The van der Waals surface area contributed by atoms with Crippen LogP contribution in [0.2, 0.25) is 0 Å². The van der Waals surface area contributed by atoms with Gasteiger partial charge in [0.05, 0.1) is 0 Å². The fourth-order valence-corrected chi connectivity index (χ4v) is 5.18. The Morgan fingerprint density at radius 1 is 1.06 bits per heavy atom. The number of nitrogens with zero attached hydrogens (tertiary/aromatic N) is 3. The van der Waals surface area contributed by atoms with Crippen LogP contribution >= 0.6 is 22.6 Å². The molecular weight excluding hydrogens is 513 g/mol. The van der Waals surface area contributed by atoms with Gasteiger partial charge in [-0.1, -0.05) is 61.5 Å². The topological polar surface area (TPSA) is 51.4 Å². The van der Waals surface area contributed by atoms with E-state index in [9.17, 15) is 0 Å². The van der Waals surface area contributed by atoms with Gasteiger partial charge in [-0.3, -0.25) is 4.90 Å². The second-order valence-corrected chi connectivity index (χ2v) is 9.24. The summed E-state index contributed by atoms with van der Waals surface area (Å²) in [7, 11) is 0. The molecule has 1 aliphatic heterocycles. The first-order valence-corrected chi connectivity index (χ1v) is 12.2. The molecule has 0 bridgehead atoms. The summed E-state index contributed by atoms with van der Waals surface area (Å²) < 4.78 is 13.3. The molecule has 5 nitrogen and oxygen atoms in total. The van der Waals surface area contributed by atoms with Gasteiger partial charge in [0.25, 0.3) is 0 Å². The van der Waals surface area contributed by atoms with Crippen molar-refractivity contribution in [1.29, 1.82) is 0 Å². The zero-order valence-electron chi connectivity index (χ0n) is 18.1. The quantitative estimate of drug-likeness (QED) is 0.277. The van der Waals surface area contributed by atoms with Crippen molar-refractivity contribution in [3.8, 4) is 17.0 Å². The van der Waals surface area contributed by atoms with Crippen LogP contribution in [0.1, 0.15) is 30.9 Å². The third-order valence-corrected chi connectivity index (χ3v) is 6.81. The minimum Gasteiger partial charge on any atom is -0.472 e. The molecule has 0 saturated carbocycles. The van der Waals surface area contributed by atoms with Crippen LogP contribution in [0.5, 0.6) is 5.88 Å². The van der Waals surface area contributed by atoms with Gasteiger partial charge in [0.1, 0.15) is 17.8 Å². The van der Waals surface area contributed by atoms with Crippen LogP contribution in [0, 0.1) is 3.77 Å². The number of halogens is 1. The molecule has 1 aliphatic rings. The molecule has 0 spiro atoms. The highest BCUT2D eigenvalue weighted by Crippen LogP contribution is 2.39. The van der Waals surface area contributed by atoms with E-state index in [-0.39, 0.29) is 6.10 Å². The van der Waals surface area contributed by atoms with E-state index in [1.165, 1.54) is 17.5 Å². The minimum absolute atomic E-state index is 0.0911. The lowest BCUT2D eigenvalue weighted by atomic mass is 10.0. The number of likely N-dealkylation sites (tertiary alicyclic amines) is 1. The molecule has 2 aromatic heterocycles. The van der Waals surface area contributed by atoms with E-state index in [1.54, 1.807) is 0 Å². The van der Waals surface area contributed by atoms with Crippen molar-refractivity contribution in [3.05, 3.63) is 75.8 Å². The van der Waals surface area contributed by atoms with E-state index in [2.05, 4.69) is 99.0 Å². The van der Waals surface area contributed by atoms with Gasteiger partial charge < -0.3 is 9.15 Å². The molecule has 3 heterocycles. The molecule has 2 aromatic carbocycles. The third kappa shape index (κ3) is 4.52. The van der Waals surface area contributed by atoms with Gasteiger partial charge in [0, 0.05) is 41.2 Å². The first-order valence-electron chi connectivity index (χ1n) is 11.2. The summed E-state index contributed by atoms with van der Waals surface area (Å²) in [5, 5.41) is 0.862. The van der Waals surface area contributed by atoms with Crippen molar-refractivity contribution in [2.24, 2.45) is 0 Å². The number of ether oxygens (including phenoxy) is 1. The zero-order valence-corrected chi connectivity index (χ0v) is 20.3. The van der Waals surface area contributed by atoms with Crippen molar-refractivity contribution >= 4 is 33.7 Å². The second-order valence-electron chi connectivity index (χ2n) is 8.26. The molecule has 0 aliphatic carbocycles. The fourth-order valence-electron chi connectivity index (χ4n) is 4.39. The lowest BCUT2D eigenvalue weighted by Crippen LogP contribution is -2.40. The number of piperidine rings is 1. The predicted molar refractivity (Wildman–Crippen MR) is 135 cm³/mol. The van der Waals surface area contributed by atoms with Crippen LogP contribution in [0.15, 0.2) is 65.3 Å². The highest BCUT2D eigenvalue weighted by Gasteiger charge is 2.25. The number of hydrogen-bond acceptors (Lipinski definition) is 5. The van der Waals surface area contributed by atoms with Crippen LogP contribution in [-0.4, -0.2) is 34.1 Å². The summed E-state index contributed by atoms with van der Waals surface area (Å²) >= 11 is 2.24. The molecule has 5 rings (SSSR count). The second kappa shape index (κ2) is 9.58. The fraction of sp³-hybridized carbons (Fsp3) is 0.308. The molecule has 6 heteroatoms. The van der Waals surface area contributed by atoms with Crippen molar-refractivity contribution in [1.82, 2.24) is 14.9 Å². The van der Waals surface area contributed by atoms with Crippen molar-refractivity contribution in [2.45, 2.75) is 38.8 Å². The smallest absolute Gasteiger partial charge is 0.235 e. The minimum atomic E-state index is 0.0911. The average molecular weight is 539 g/mol. The number of aromatic nitrogens is 2. The Hall–Kier alpha value is -2.45. The van der Waals surface area contributed by atoms with E-state index in [0.717, 1.165) is 59.2 Å². The summed E-state index contributed by atoms with van der Waals surface area (Å²) in [4.78, 5) is 11.4. The van der Waals surface area contributed by atoms with E-state index in [1.807, 2.05) is 0 Å². The number of hydrogen-bond donors (Lipinski definition) is 0. The van der Waals surface area contributed by atoms with E-state index in [0.29, 0.717) is 11.6 Å². The van der Waals surface area contributed by atoms with E-state index >= 15 is 0 Å². The summed E-state index contributed by atoms with van der Waals surface area (Å²) in [6.45, 7) is 5.08. The predicted octanol–water partition coefficient (Wildman–Crippen LogP) is 6.10. The van der Waals surface area contributed by atoms with Crippen molar-refractivity contribution < 1.29 is 9.15 Å². The van der Waals surface area contributed by atoms with Crippen LogP contribution < -0.4 is 4.74 Å². The summed E-state index contributed by atoms with van der Waals surface area (Å²) in [6, 6.07) is 19.2. The average Bonchev–Trinajstić information content (AvgIpc) is 3.17. The molecular formula is C26H26IN3O2. The van der Waals surface area contributed by atoms with Gasteiger partial charge >= 0.3 is 0 Å². The number of rotatable bonds is 6. The maximum absolute atomic E-state index is 6.50. The monoisotopic (exact) mass is 539 g/mol. The number of benzene rings is 2. The van der Waals surface area contributed by atoms with Crippen LogP contribution in [0.4, 0.5) is 0 Å². The molecule has 1 atom stereocenters. The molecule has 1 unspecified atom stereocenters. The molecule has 32 heavy (non-hydrogen) atoms. The van der Waals surface area contributed by atoms with Gasteiger partial charge in [0.15, 0.2) is 3.77 Å². The first-order chi connectivity index (χ1) is 15.7. The Balaban J connectivity index is 1.41. The van der Waals surface area contributed by atoms with Crippen molar-refractivity contribution in [2.75, 3.05) is 13.1 Å². The molecule has 1 saturated heterocycles. The number of aryl methyl sites for hydroxylation is 1. The molecule has 0 N–H and O–H groups in total. The zero-order chi connectivity index (χ0) is 21.9. The van der Waals surface area contributed by atoms with Gasteiger partial charge in [-0.2, -0.15) is 0 Å². The summed E-state index contributed by atoms with van der Waals surface area (Å²) in [5.74, 6) is 0.614. The van der Waals surface area contributed by atoms with Gasteiger partial charge in [0.2, 0.25) is 11.6 Å². The lowest BCUT2D eigenvalue weighted by Gasteiger charge is -2.32. The summed E-state index contributed by atoms with van der Waals surface area (Å²) in [6.07, 6.45) is 4.77. The normalized spacial score (nSPS) is 17.0. The number of furan rings is 1. The molecule has 164 valence electrons. The van der Waals surface area contributed by atoms with Crippen LogP contribution in [0.25, 0.3) is 22.2 Å². The Labute approximate surface area is 202 Å².